The average molecular weight is 361 g/mol. The van der Waals surface area contributed by atoms with Gasteiger partial charge in [-0.25, -0.2) is 8.42 Å². The van der Waals surface area contributed by atoms with Crippen molar-refractivity contribution in [2.24, 2.45) is 0 Å². The van der Waals surface area contributed by atoms with Gasteiger partial charge >= 0.3 is 51.4 Å². The van der Waals surface area contributed by atoms with E-state index in [1.54, 1.807) is 0 Å². The van der Waals surface area contributed by atoms with E-state index in [-0.39, 0.29) is 57.5 Å². The van der Waals surface area contributed by atoms with Crippen molar-refractivity contribution in [1.82, 2.24) is 0 Å². The molecule has 2 unspecified atom stereocenters. The van der Waals surface area contributed by atoms with Crippen LogP contribution in [0.2, 0.25) is 0 Å². The van der Waals surface area contributed by atoms with Crippen LogP contribution in [0.4, 0.5) is 0 Å². The SMILES string of the molecule is CCCCC(CCCCCCCCC(O)CC)S(=O)(=O)[O-].[K+]. The number of unbranched alkanes of at least 4 members (excludes halogenated alkanes) is 6. The van der Waals surface area contributed by atoms with Crippen molar-refractivity contribution < 1.29 is 69.5 Å². The van der Waals surface area contributed by atoms with Gasteiger partial charge in [0.1, 0.15) is 0 Å². The van der Waals surface area contributed by atoms with Gasteiger partial charge in [-0.1, -0.05) is 65.2 Å². The minimum absolute atomic E-state index is 0. The molecule has 0 heterocycles. The van der Waals surface area contributed by atoms with Crippen LogP contribution in [0.5, 0.6) is 0 Å². The fraction of sp³-hybridized carbons (Fsp3) is 1.00. The van der Waals surface area contributed by atoms with Crippen LogP contribution in [0.15, 0.2) is 0 Å². The van der Waals surface area contributed by atoms with Crippen LogP contribution in [0.1, 0.15) is 90.9 Å². The van der Waals surface area contributed by atoms with E-state index in [1.807, 2.05) is 13.8 Å². The molecule has 2 atom stereocenters. The van der Waals surface area contributed by atoms with Crippen LogP contribution in [-0.4, -0.2) is 29.4 Å². The van der Waals surface area contributed by atoms with E-state index in [9.17, 15) is 18.1 Å². The molecule has 0 aromatic heterocycles. The summed E-state index contributed by atoms with van der Waals surface area (Å²) in [5, 5.41) is 8.74. The van der Waals surface area contributed by atoms with Gasteiger partial charge in [-0.3, -0.25) is 0 Å². The Morgan fingerprint density at radius 2 is 1.32 bits per heavy atom. The number of aliphatic hydroxyl groups excluding tert-OH is 1. The van der Waals surface area contributed by atoms with E-state index in [1.165, 1.54) is 0 Å². The Bertz CT molecular complexity index is 333. The Hall–Kier alpha value is 1.51. The third kappa shape index (κ3) is 15.1. The molecular formula is C16H33KO4S. The second-order valence-corrected chi connectivity index (χ2v) is 7.67. The van der Waals surface area contributed by atoms with Gasteiger partial charge in [0, 0.05) is 5.25 Å². The van der Waals surface area contributed by atoms with E-state index in [4.69, 9.17) is 0 Å². The molecule has 0 rings (SSSR count). The third-order valence-corrected chi connectivity index (χ3v) is 5.36. The molecule has 0 spiro atoms. The topological polar surface area (TPSA) is 77.4 Å². The zero-order valence-corrected chi connectivity index (χ0v) is 18.7. The molecule has 0 amide bonds. The van der Waals surface area contributed by atoms with Crippen molar-refractivity contribution in [2.75, 3.05) is 0 Å². The first-order valence-corrected chi connectivity index (χ1v) is 10.0. The van der Waals surface area contributed by atoms with Crippen molar-refractivity contribution in [1.29, 1.82) is 0 Å². The number of hydrogen-bond donors (Lipinski definition) is 1. The molecule has 0 saturated carbocycles. The molecule has 0 aliphatic rings. The van der Waals surface area contributed by atoms with Crippen molar-refractivity contribution >= 4 is 10.1 Å². The Kier molecular flexibility index (Phi) is 18.7. The van der Waals surface area contributed by atoms with E-state index in [0.717, 1.165) is 64.2 Å². The van der Waals surface area contributed by atoms with E-state index < -0.39 is 15.4 Å². The molecule has 0 aliphatic heterocycles. The fourth-order valence-corrected chi connectivity index (χ4v) is 3.44. The van der Waals surface area contributed by atoms with Crippen LogP contribution < -0.4 is 51.4 Å². The zero-order valence-electron chi connectivity index (χ0n) is 14.7. The normalized spacial score (nSPS) is 14.4. The first kappa shape index (κ1) is 25.7. The van der Waals surface area contributed by atoms with Crippen LogP contribution in [0.25, 0.3) is 0 Å². The molecule has 0 saturated heterocycles. The monoisotopic (exact) mass is 360 g/mol. The summed E-state index contributed by atoms with van der Waals surface area (Å²) in [6.45, 7) is 3.99. The summed E-state index contributed by atoms with van der Waals surface area (Å²) in [5.74, 6) is 0. The maximum absolute atomic E-state index is 11.2. The summed E-state index contributed by atoms with van der Waals surface area (Å²) in [6, 6.07) is 0. The molecule has 0 bridgehead atoms. The molecule has 128 valence electrons. The van der Waals surface area contributed by atoms with Crippen molar-refractivity contribution in [3.8, 4) is 0 Å². The van der Waals surface area contributed by atoms with Crippen molar-refractivity contribution in [2.45, 2.75) is 102 Å². The van der Waals surface area contributed by atoms with Gasteiger partial charge in [-0.05, 0) is 25.7 Å². The first-order chi connectivity index (χ1) is 9.91. The molecule has 0 aliphatic carbocycles. The Labute approximate surface area is 180 Å². The molecule has 6 heteroatoms. The third-order valence-electron chi connectivity index (χ3n) is 4.07. The standard InChI is InChI=1S/C16H34O4S.K/c1-3-5-13-16(21(18,19)20)14-11-9-7-6-8-10-12-15(17)4-2;/h15-17H,3-14H2,1-2H3,(H,18,19,20);/q;+1/p-1. The quantitative estimate of drug-likeness (QED) is 0.285. The predicted octanol–water partition coefficient (Wildman–Crippen LogP) is 0.986. The summed E-state index contributed by atoms with van der Waals surface area (Å²) in [7, 11) is -4.13. The van der Waals surface area contributed by atoms with Crippen LogP contribution in [-0.2, 0) is 10.1 Å². The first-order valence-electron chi connectivity index (χ1n) is 8.54. The fourth-order valence-electron chi connectivity index (χ4n) is 2.53. The summed E-state index contributed by atoms with van der Waals surface area (Å²) in [4.78, 5) is 0. The number of aliphatic hydroxyl groups is 1. The van der Waals surface area contributed by atoms with Crippen LogP contribution in [0.3, 0.4) is 0 Å². The van der Waals surface area contributed by atoms with Gasteiger partial charge < -0.3 is 9.66 Å². The Balaban J connectivity index is 0. The minimum Gasteiger partial charge on any atom is -0.748 e. The second kappa shape index (κ2) is 16.0. The molecule has 0 aromatic rings. The van der Waals surface area contributed by atoms with E-state index in [0.29, 0.717) is 12.8 Å². The van der Waals surface area contributed by atoms with Gasteiger partial charge in [-0.15, -0.1) is 0 Å². The van der Waals surface area contributed by atoms with Gasteiger partial charge in [0.2, 0.25) is 0 Å². The smallest absolute Gasteiger partial charge is 0.748 e. The van der Waals surface area contributed by atoms with Gasteiger partial charge in [-0.2, -0.15) is 0 Å². The number of rotatable bonds is 14. The minimum atomic E-state index is -4.13. The van der Waals surface area contributed by atoms with Crippen LogP contribution >= 0.6 is 0 Å². The maximum Gasteiger partial charge on any atom is 1.00 e. The number of hydrogen-bond acceptors (Lipinski definition) is 4. The summed E-state index contributed by atoms with van der Waals surface area (Å²) >= 11 is 0. The van der Waals surface area contributed by atoms with Crippen LogP contribution in [0, 0.1) is 0 Å². The molecular weight excluding hydrogens is 327 g/mol. The molecule has 1 N–H and O–H groups in total. The summed E-state index contributed by atoms with van der Waals surface area (Å²) in [5.41, 5.74) is 0. The average Bonchev–Trinajstić information content (AvgIpc) is 2.43. The predicted molar refractivity (Wildman–Crippen MR) is 86.2 cm³/mol. The molecule has 0 fully saturated rings. The molecule has 22 heavy (non-hydrogen) atoms. The molecule has 0 radical (unpaired) electrons. The Morgan fingerprint density at radius 1 is 0.864 bits per heavy atom. The van der Waals surface area contributed by atoms with E-state index in [2.05, 4.69) is 0 Å². The van der Waals surface area contributed by atoms with Gasteiger partial charge in [0.25, 0.3) is 0 Å². The van der Waals surface area contributed by atoms with Crippen molar-refractivity contribution in [3.63, 3.8) is 0 Å². The van der Waals surface area contributed by atoms with E-state index >= 15 is 0 Å². The molecule has 0 aromatic carbocycles. The second-order valence-electron chi connectivity index (χ2n) is 6.02. The maximum atomic E-state index is 11.2. The van der Waals surface area contributed by atoms with Gasteiger partial charge in [0.05, 0.1) is 16.2 Å². The summed E-state index contributed by atoms with van der Waals surface area (Å²) in [6.07, 6.45) is 10.5. The van der Waals surface area contributed by atoms with Gasteiger partial charge in [0.15, 0.2) is 0 Å². The molecule has 4 nitrogen and oxygen atoms in total. The largest absolute Gasteiger partial charge is 1.00 e. The van der Waals surface area contributed by atoms with Crippen molar-refractivity contribution in [3.05, 3.63) is 0 Å². The summed E-state index contributed by atoms with van der Waals surface area (Å²) < 4.78 is 33.5. The zero-order chi connectivity index (χ0) is 16.1. The Morgan fingerprint density at radius 3 is 1.77 bits per heavy atom.